The maximum atomic E-state index is 6.30. The third kappa shape index (κ3) is 1.72. The zero-order valence-corrected chi connectivity index (χ0v) is 15.6. The number of rotatable bonds is 0. The van der Waals surface area contributed by atoms with Crippen LogP contribution in [-0.2, 0) is 0 Å². The number of hydrogen-bond acceptors (Lipinski definition) is 1. The van der Waals surface area contributed by atoms with Gasteiger partial charge in [-0.3, -0.25) is 0 Å². The smallest absolute Gasteiger partial charge is 0.113 e. The van der Waals surface area contributed by atoms with Crippen LogP contribution in [-0.4, -0.2) is 8.07 Å². The fraction of sp³-hybridized carbons (Fsp3) is 0.100. The molecule has 0 saturated heterocycles. The molecule has 0 saturated carbocycles. The summed E-state index contributed by atoms with van der Waals surface area (Å²) in [6.45, 7) is 4.88. The van der Waals surface area contributed by atoms with Crippen molar-refractivity contribution in [2.24, 2.45) is 0 Å². The second-order valence-corrected chi connectivity index (χ2v) is 12.6. The molecule has 1 aliphatic heterocycles. The van der Waals surface area contributed by atoms with Gasteiger partial charge in [-0.25, -0.2) is 0 Å². The second kappa shape index (κ2) is 4.47. The van der Waals surface area contributed by atoms with Gasteiger partial charge in [0.25, 0.3) is 0 Å². The first-order valence-corrected chi connectivity index (χ1v) is 12.0. The van der Waals surface area contributed by atoms with E-state index in [4.69, 9.17) is 11.6 Å². The van der Waals surface area contributed by atoms with Crippen LogP contribution in [0.2, 0.25) is 18.1 Å². The lowest BCUT2D eigenvalue weighted by Gasteiger charge is -2.18. The molecule has 5 rings (SSSR count). The molecular weight excluding hydrogens is 336 g/mol. The lowest BCUT2D eigenvalue weighted by molar-refractivity contribution is 1.74. The molecule has 0 nitrogen and oxygen atoms in total. The van der Waals surface area contributed by atoms with Gasteiger partial charge >= 0.3 is 0 Å². The van der Waals surface area contributed by atoms with Crippen LogP contribution in [0.1, 0.15) is 0 Å². The second-order valence-electron chi connectivity index (χ2n) is 6.78. The van der Waals surface area contributed by atoms with Crippen molar-refractivity contribution in [2.75, 3.05) is 0 Å². The molecule has 3 heteroatoms. The summed E-state index contributed by atoms with van der Waals surface area (Å²) in [5, 5.41) is 6.64. The first-order valence-electron chi connectivity index (χ1n) is 7.82. The van der Waals surface area contributed by atoms with Gasteiger partial charge in [-0.2, -0.15) is 0 Å². The third-order valence-corrected chi connectivity index (χ3v) is 10.1. The number of benzene rings is 3. The monoisotopic (exact) mass is 350 g/mol. The maximum absolute atomic E-state index is 6.30. The van der Waals surface area contributed by atoms with Gasteiger partial charge in [0.2, 0.25) is 0 Å². The van der Waals surface area contributed by atoms with Crippen LogP contribution < -0.4 is 10.4 Å². The summed E-state index contributed by atoms with van der Waals surface area (Å²) < 4.78 is 2.81. The van der Waals surface area contributed by atoms with E-state index in [1.165, 1.54) is 36.5 Å². The highest BCUT2D eigenvalue weighted by Crippen LogP contribution is 2.42. The molecule has 112 valence electrons. The van der Waals surface area contributed by atoms with Gasteiger partial charge in [0.05, 0.1) is 0 Å². The topological polar surface area (TPSA) is 0 Å². The van der Waals surface area contributed by atoms with E-state index in [9.17, 15) is 0 Å². The summed E-state index contributed by atoms with van der Waals surface area (Å²) in [5.74, 6) is 0. The minimum absolute atomic E-state index is 0.852. The van der Waals surface area contributed by atoms with E-state index in [1.807, 2.05) is 17.4 Å². The molecule has 0 spiro atoms. The van der Waals surface area contributed by atoms with Gasteiger partial charge in [-0.05, 0) is 39.7 Å². The van der Waals surface area contributed by atoms with Crippen molar-refractivity contribution in [1.29, 1.82) is 0 Å². The van der Waals surface area contributed by atoms with Crippen LogP contribution in [0.4, 0.5) is 0 Å². The van der Waals surface area contributed by atoms with Crippen molar-refractivity contribution < 1.29 is 0 Å². The number of hydrogen-bond donors (Lipinski definition) is 0. The van der Waals surface area contributed by atoms with Crippen LogP contribution in [0, 0.1) is 0 Å². The largest absolute Gasteiger partial charge is 0.135 e. The van der Waals surface area contributed by atoms with E-state index in [1.54, 1.807) is 5.19 Å². The summed E-state index contributed by atoms with van der Waals surface area (Å²) in [5.41, 5.74) is 2.87. The zero-order valence-electron chi connectivity index (χ0n) is 13.0. The van der Waals surface area contributed by atoms with Crippen LogP contribution in [0.25, 0.3) is 31.3 Å². The Hall–Kier alpha value is -1.61. The van der Waals surface area contributed by atoms with Crippen LogP contribution in [0.15, 0.2) is 54.6 Å². The normalized spacial score (nSPS) is 15.1. The summed E-state index contributed by atoms with van der Waals surface area (Å²) in [6.07, 6.45) is 0. The van der Waals surface area contributed by atoms with Crippen molar-refractivity contribution in [2.45, 2.75) is 13.1 Å². The fourth-order valence-electron chi connectivity index (χ4n) is 3.97. The molecule has 0 fully saturated rings. The minimum atomic E-state index is -1.66. The Balaban J connectivity index is 1.99. The standard InChI is InChI=1S/C20H15ClSSi/c1-23(2)17-10-9-14-13-5-3-4-6-16(13)22-20(14)19(17)15-8-7-12(21)11-18(15)23/h3-11H,1-2H3. The average Bonchev–Trinajstić information content (AvgIpc) is 3.02. The Kier molecular flexibility index (Phi) is 2.68. The van der Waals surface area contributed by atoms with Gasteiger partial charge in [0.1, 0.15) is 8.07 Å². The van der Waals surface area contributed by atoms with Crippen LogP contribution in [0.5, 0.6) is 0 Å². The van der Waals surface area contributed by atoms with E-state index < -0.39 is 8.07 Å². The Bertz CT molecular complexity index is 1110. The molecule has 0 aliphatic carbocycles. The molecule has 3 aromatic carbocycles. The van der Waals surface area contributed by atoms with Crippen molar-refractivity contribution in [3.63, 3.8) is 0 Å². The molecule has 1 aliphatic rings. The van der Waals surface area contributed by atoms with Crippen molar-refractivity contribution >= 4 is 61.6 Å². The lowest BCUT2D eigenvalue weighted by Crippen LogP contribution is -2.49. The summed E-state index contributed by atoms with van der Waals surface area (Å²) in [4.78, 5) is 0. The fourth-order valence-corrected chi connectivity index (χ4v) is 8.67. The molecule has 1 aromatic heterocycles. The Morgan fingerprint density at radius 3 is 2.57 bits per heavy atom. The van der Waals surface area contributed by atoms with Crippen LogP contribution in [0.3, 0.4) is 0 Å². The molecule has 0 amide bonds. The molecular formula is C20H15ClSSi. The van der Waals surface area contributed by atoms with Gasteiger partial charge in [-0.1, -0.05) is 61.1 Å². The van der Waals surface area contributed by atoms with E-state index in [2.05, 4.69) is 61.6 Å². The molecule has 2 heterocycles. The van der Waals surface area contributed by atoms with Gasteiger partial charge in [0, 0.05) is 25.2 Å². The van der Waals surface area contributed by atoms with E-state index in [0.29, 0.717) is 0 Å². The first-order chi connectivity index (χ1) is 11.1. The predicted molar refractivity (Wildman–Crippen MR) is 107 cm³/mol. The van der Waals surface area contributed by atoms with E-state index in [-0.39, 0.29) is 0 Å². The maximum Gasteiger partial charge on any atom is 0.113 e. The minimum Gasteiger partial charge on any atom is -0.135 e. The molecule has 0 atom stereocenters. The summed E-state index contributed by atoms with van der Waals surface area (Å²) >= 11 is 8.23. The quantitative estimate of drug-likeness (QED) is 0.367. The lowest BCUT2D eigenvalue weighted by atomic mass is 10.0. The Morgan fingerprint density at radius 1 is 0.870 bits per heavy atom. The number of halogens is 1. The Morgan fingerprint density at radius 2 is 1.70 bits per heavy atom. The average molecular weight is 351 g/mol. The molecule has 0 N–H and O–H groups in total. The van der Waals surface area contributed by atoms with E-state index >= 15 is 0 Å². The summed E-state index contributed by atoms with van der Waals surface area (Å²) in [7, 11) is -1.66. The summed E-state index contributed by atoms with van der Waals surface area (Å²) in [6, 6.07) is 19.9. The van der Waals surface area contributed by atoms with Gasteiger partial charge < -0.3 is 0 Å². The molecule has 0 bridgehead atoms. The van der Waals surface area contributed by atoms with Crippen molar-refractivity contribution in [3.8, 4) is 11.1 Å². The first kappa shape index (κ1) is 13.8. The van der Waals surface area contributed by atoms with Gasteiger partial charge in [0.15, 0.2) is 0 Å². The highest BCUT2D eigenvalue weighted by Gasteiger charge is 2.38. The predicted octanol–water partition coefficient (Wildman–Crippen LogP) is 5.51. The highest BCUT2D eigenvalue weighted by atomic mass is 35.5. The van der Waals surface area contributed by atoms with Crippen molar-refractivity contribution in [1.82, 2.24) is 0 Å². The number of thiophene rings is 1. The molecule has 0 radical (unpaired) electrons. The van der Waals surface area contributed by atoms with Gasteiger partial charge in [-0.15, -0.1) is 11.3 Å². The zero-order chi connectivity index (χ0) is 15.8. The Labute approximate surface area is 145 Å². The number of fused-ring (bicyclic) bond motifs is 7. The molecule has 4 aromatic rings. The molecule has 23 heavy (non-hydrogen) atoms. The third-order valence-electron chi connectivity index (χ3n) is 5.14. The SMILES string of the molecule is C[Si]1(C)c2cc(Cl)ccc2-c2c1ccc1c2sc2ccccc21. The van der Waals surface area contributed by atoms with Crippen molar-refractivity contribution in [3.05, 3.63) is 59.6 Å². The molecule has 0 unspecified atom stereocenters. The van der Waals surface area contributed by atoms with Crippen LogP contribution >= 0.6 is 22.9 Å². The highest BCUT2D eigenvalue weighted by molar-refractivity contribution is 7.26. The van der Waals surface area contributed by atoms with E-state index in [0.717, 1.165) is 5.02 Å².